The van der Waals surface area contributed by atoms with E-state index in [4.69, 9.17) is 4.74 Å². The fourth-order valence-corrected chi connectivity index (χ4v) is 4.57. The van der Waals surface area contributed by atoms with Gasteiger partial charge in [-0.05, 0) is 66.3 Å². The van der Waals surface area contributed by atoms with Gasteiger partial charge in [-0.2, -0.15) is 0 Å². The van der Waals surface area contributed by atoms with Crippen molar-refractivity contribution in [2.24, 2.45) is 11.8 Å². The van der Waals surface area contributed by atoms with Gasteiger partial charge >= 0.3 is 0 Å². The van der Waals surface area contributed by atoms with Crippen LogP contribution in [-0.2, 0) is 4.79 Å². The summed E-state index contributed by atoms with van der Waals surface area (Å²) in [6.07, 6.45) is 9.69. The van der Waals surface area contributed by atoms with Gasteiger partial charge in [0, 0.05) is 0 Å². The molecule has 2 aliphatic rings. The Hall–Kier alpha value is -1.75. The lowest BCUT2D eigenvalue weighted by molar-refractivity contribution is -0.115. The molecule has 1 aliphatic carbocycles. The van der Waals surface area contributed by atoms with Gasteiger partial charge < -0.3 is 4.74 Å². The van der Waals surface area contributed by atoms with Crippen molar-refractivity contribution in [1.82, 2.24) is 5.32 Å². The highest BCUT2D eigenvalue weighted by molar-refractivity contribution is 8.18. The number of aryl methyl sites for hydroxylation is 1. The third-order valence-corrected chi connectivity index (χ3v) is 6.24. The molecular weight excluding hydrogens is 346 g/mol. The first-order valence-electron chi connectivity index (χ1n) is 9.55. The molecule has 1 heterocycles. The van der Waals surface area contributed by atoms with Gasteiger partial charge in [0.15, 0.2) is 0 Å². The zero-order chi connectivity index (χ0) is 18.5. The van der Waals surface area contributed by atoms with E-state index in [9.17, 15) is 9.59 Å². The maximum atomic E-state index is 11.7. The van der Waals surface area contributed by atoms with E-state index in [2.05, 4.69) is 12.2 Å². The summed E-state index contributed by atoms with van der Waals surface area (Å²) >= 11 is 0.942. The molecule has 140 valence electrons. The van der Waals surface area contributed by atoms with Gasteiger partial charge in [-0.15, -0.1) is 0 Å². The molecule has 1 aliphatic heterocycles. The Bertz CT molecular complexity index is 707. The molecule has 1 atom stereocenters. The zero-order valence-electron chi connectivity index (χ0n) is 15.5. The minimum absolute atomic E-state index is 0.314. The second kappa shape index (κ2) is 8.76. The Morgan fingerprint density at radius 3 is 2.65 bits per heavy atom. The van der Waals surface area contributed by atoms with E-state index in [0.717, 1.165) is 47.6 Å². The van der Waals surface area contributed by atoms with Crippen LogP contribution in [0.2, 0.25) is 0 Å². The largest absolute Gasteiger partial charge is 0.493 e. The first-order chi connectivity index (χ1) is 12.6. The third kappa shape index (κ3) is 4.70. The molecule has 1 saturated carbocycles. The summed E-state index contributed by atoms with van der Waals surface area (Å²) < 4.78 is 6.15. The molecule has 4 nitrogen and oxygen atoms in total. The van der Waals surface area contributed by atoms with Crippen LogP contribution in [0.4, 0.5) is 4.79 Å². The molecule has 2 fully saturated rings. The molecule has 2 amide bonds. The maximum absolute atomic E-state index is 11.7. The highest BCUT2D eigenvalue weighted by Gasteiger charge is 2.25. The van der Waals surface area contributed by atoms with E-state index >= 15 is 0 Å². The van der Waals surface area contributed by atoms with E-state index in [1.54, 1.807) is 6.08 Å². The number of carbonyl (C=O) groups is 2. The third-order valence-electron chi connectivity index (χ3n) is 5.43. The molecule has 5 heteroatoms. The van der Waals surface area contributed by atoms with Crippen LogP contribution < -0.4 is 10.1 Å². The summed E-state index contributed by atoms with van der Waals surface area (Å²) in [5.74, 6) is 2.01. The maximum Gasteiger partial charge on any atom is 0.290 e. The monoisotopic (exact) mass is 373 g/mol. The van der Waals surface area contributed by atoms with Crippen molar-refractivity contribution in [2.45, 2.75) is 52.4 Å². The number of carbonyl (C=O) groups excluding carboxylic acids is 2. The predicted octanol–water partition coefficient (Wildman–Crippen LogP) is 5.30. The summed E-state index contributed by atoms with van der Waals surface area (Å²) in [6, 6.07) is 5.91. The summed E-state index contributed by atoms with van der Waals surface area (Å²) in [5, 5.41) is 1.96. The van der Waals surface area contributed by atoms with E-state index < -0.39 is 0 Å². The lowest BCUT2D eigenvalue weighted by Crippen LogP contribution is -2.23. The van der Waals surface area contributed by atoms with Crippen LogP contribution in [0.5, 0.6) is 5.75 Å². The molecular formula is C21H27NO3S. The fourth-order valence-electron chi connectivity index (χ4n) is 3.89. The summed E-state index contributed by atoms with van der Waals surface area (Å²) in [7, 11) is 0. The standard InChI is InChI=1S/C21H27NO3S/c1-3-16(17-7-5-4-6-8-17)13-25-18-10-9-15(11-14(18)2)12-19-20(23)22-21(24)26-19/h9-12,16-17H,3-8,13H2,1-2H3,(H,22,23,24). The molecule has 0 aromatic heterocycles. The number of rotatable bonds is 6. The number of benzene rings is 1. The molecule has 1 aromatic carbocycles. The Kier molecular flexibility index (Phi) is 6.41. The molecule has 1 unspecified atom stereocenters. The first-order valence-corrected chi connectivity index (χ1v) is 10.4. The lowest BCUT2D eigenvalue weighted by atomic mass is 9.79. The summed E-state index contributed by atoms with van der Waals surface area (Å²) in [5.41, 5.74) is 1.95. The van der Waals surface area contributed by atoms with E-state index in [1.807, 2.05) is 25.1 Å². The van der Waals surface area contributed by atoms with Gasteiger partial charge in [0.2, 0.25) is 0 Å². The van der Waals surface area contributed by atoms with Crippen LogP contribution >= 0.6 is 11.8 Å². The van der Waals surface area contributed by atoms with Gasteiger partial charge in [-0.3, -0.25) is 14.9 Å². The quantitative estimate of drug-likeness (QED) is 0.687. The fraction of sp³-hybridized carbons (Fsp3) is 0.524. The second-order valence-corrected chi connectivity index (χ2v) is 8.27. The van der Waals surface area contributed by atoms with Crippen LogP contribution in [0.1, 0.15) is 56.6 Å². The van der Waals surface area contributed by atoms with Crippen LogP contribution in [0, 0.1) is 18.8 Å². The Morgan fingerprint density at radius 1 is 1.27 bits per heavy atom. The van der Waals surface area contributed by atoms with Gasteiger partial charge in [0.05, 0.1) is 11.5 Å². The van der Waals surface area contributed by atoms with E-state index in [-0.39, 0.29) is 11.1 Å². The molecule has 0 radical (unpaired) electrons. The van der Waals surface area contributed by atoms with Gasteiger partial charge in [-0.25, -0.2) is 0 Å². The number of amides is 2. The van der Waals surface area contributed by atoms with Gasteiger partial charge in [0.25, 0.3) is 11.1 Å². The topological polar surface area (TPSA) is 55.4 Å². The SMILES string of the molecule is CCC(COc1ccc(C=C2SC(=O)NC2=O)cc1C)C1CCCCC1. The Morgan fingerprint density at radius 2 is 2.04 bits per heavy atom. The highest BCUT2D eigenvalue weighted by Crippen LogP contribution is 2.33. The number of hydrogen-bond donors (Lipinski definition) is 1. The number of thioether (sulfide) groups is 1. The second-order valence-electron chi connectivity index (χ2n) is 7.25. The molecule has 1 aromatic rings. The smallest absolute Gasteiger partial charge is 0.290 e. The normalized spacial score (nSPS) is 21.1. The van der Waals surface area contributed by atoms with Gasteiger partial charge in [-0.1, -0.05) is 45.1 Å². The van der Waals surface area contributed by atoms with Crippen LogP contribution in [0.3, 0.4) is 0 Å². The Labute approximate surface area is 159 Å². The van der Waals surface area contributed by atoms with Gasteiger partial charge in [0.1, 0.15) is 5.75 Å². The minimum atomic E-state index is -0.323. The zero-order valence-corrected chi connectivity index (χ0v) is 16.4. The van der Waals surface area contributed by atoms with Crippen molar-refractivity contribution in [3.05, 3.63) is 34.2 Å². The van der Waals surface area contributed by atoms with Crippen molar-refractivity contribution in [3.8, 4) is 5.75 Å². The van der Waals surface area contributed by atoms with Crippen molar-refractivity contribution in [1.29, 1.82) is 0 Å². The van der Waals surface area contributed by atoms with Crippen LogP contribution in [0.25, 0.3) is 6.08 Å². The molecule has 26 heavy (non-hydrogen) atoms. The number of nitrogens with one attached hydrogen (secondary N) is 1. The van der Waals surface area contributed by atoms with Crippen molar-refractivity contribution >= 4 is 29.0 Å². The van der Waals surface area contributed by atoms with Crippen molar-refractivity contribution in [3.63, 3.8) is 0 Å². The van der Waals surface area contributed by atoms with Crippen LogP contribution in [-0.4, -0.2) is 17.8 Å². The molecule has 0 bridgehead atoms. The van der Waals surface area contributed by atoms with E-state index in [0.29, 0.717) is 10.8 Å². The summed E-state index contributed by atoms with van der Waals surface area (Å²) in [6.45, 7) is 5.05. The summed E-state index contributed by atoms with van der Waals surface area (Å²) in [4.78, 5) is 23.3. The average Bonchev–Trinajstić information content (AvgIpc) is 2.95. The molecule has 1 saturated heterocycles. The first kappa shape index (κ1) is 19.0. The lowest BCUT2D eigenvalue weighted by Gasteiger charge is -2.29. The molecule has 0 spiro atoms. The number of ether oxygens (including phenoxy) is 1. The van der Waals surface area contributed by atoms with Crippen LogP contribution in [0.15, 0.2) is 23.1 Å². The Balaban J connectivity index is 1.63. The van der Waals surface area contributed by atoms with Crippen molar-refractivity contribution in [2.75, 3.05) is 6.61 Å². The molecule has 3 rings (SSSR count). The van der Waals surface area contributed by atoms with Crippen molar-refractivity contribution < 1.29 is 14.3 Å². The highest BCUT2D eigenvalue weighted by atomic mass is 32.2. The number of hydrogen-bond acceptors (Lipinski definition) is 4. The number of imide groups is 1. The molecule has 1 N–H and O–H groups in total. The average molecular weight is 374 g/mol. The van der Waals surface area contributed by atoms with E-state index in [1.165, 1.54) is 32.1 Å². The minimum Gasteiger partial charge on any atom is -0.493 e. The predicted molar refractivity (Wildman–Crippen MR) is 106 cm³/mol.